The van der Waals surface area contributed by atoms with Gasteiger partial charge in [-0.05, 0) is 98.6 Å². The lowest BCUT2D eigenvalue weighted by atomic mass is 9.85. The molecule has 2 aromatic carbocycles. The first-order chi connectivity index (χ1) is 22.1. The van der Waals surface area contributed by atoms with Crippen molar-refractivity contribution in [3.8, 4) is 0 Å². The maximum Gasteiger partial charge on any atom is 0.180 e. The fraction of sp³-hybridized carbons (Fsp3) is 0.649. The van der Waals surface area contributed by atoms with Crippen LogP contribution in [-0.4, -0.2) is 75.6 Å². The SMILES string of the molecule is CCCCC1(CCCC)CS(=O)(=O)c2ccc(N(C)CC)cc2C(c2cccc(NC(=S)NCCC[N+]34CCC(CC3)CC4)c2)N1. The van der Waals surface area contributed by atoms with E-state index in [4.69, 9.17) is 12.2 Å². The van der Waals surface area contributed by atoms with Crippen LogP contribution in [-0.2, 0) is 9.84 Å². The molecule has 0 spiro atoms. The van der Waals surface area contributed by atoms with Crippen LogP contribution in [0.15, 0.2) is 47.4 Å². The summed E-state index contributed by atoms with van der Waals surface area (Å²) >= 11 is 5.75. The number of nitrogens with zero attached hydrogens (tertiary/aromatic N) is 2. The van der Waals surface area contributed by atoms with Crippen LogP contribution in [0, 0.1) is 5.92 Å². The molecule has 0 amide bonds. The summed E-state index contributed by atoms with van der Waals surface area (Å²) < 4.78 is 29.6. The minimum absolute atomic E-state index is 0.124. The standard InChI is InChI=1S/C37H57N5O2S2/c1-5-8-19-37(20-9-6-2)28-46(43,44)34-15-14-32(41(4)7-3)27-33(34)35(40-37)30-12-10-13-31(26-30)39-36(45)38-21-11-22-42-23-16-29(17-24-42)18-25-42/h10,12-15,26-27,29,35,40H,5-9,11,16-25,28H2,1-4H3,(H-,38,39,45)/p+1. The number of hydrogen-bond acceptors (Lipinski definition) is 5. The summed E-state index contributed by atoms with van der Waals surface area (Å²) in [5.74, 6) is 1.11. The molecule has 1 unspecified atom stereocenters. The summed E-state index contributed by atoms with van der Waals surface area (Å²) in [6.07, 6.45) is 11.0. The Kier molecular flexibility index (Phi) is 11.7. The van der Waals surface area contributed by atoms with Gasteiger partial charge in [-0.15, -0.1) is 0 Å². The number of unbranched alkanes of at least 4 members (excludes halogenated alkanes) is 2. The zero-order valence-corrected chi connectivity index (χ0v) is 30.4. The van der Waals surface area contributed by atoms with Gasteiger partial charge < -0.3 is 20.0 Å². The number of benzene rings is 2. The number of rotatable bonds is 14. The van der Waals surface area contributed by atoms with Crippen LogP contribution >= 0.6 is 12.2 Å². The van der Waals surface area contributed by atoms with Crippen molar-refractivity contribution in [2.24, 2.45) is 5.92 Å². The molecule has 2 bridgehead atoms. The molecule has 2 aromatic rings. The number of quaternary nitrogens is 1. The average Bonchev–Trinajstić information content (AvgIpc) is 3.17. The summed E-state index contributed by atoms with van der Waals surface area (Å²) in [7, 11) is -1.47. The summed E-state index contributed by atoms with van der Waals surface area (Å²) in [5, 5.41) is 11.5. The van der Waals surface area contributed by atoms with E-state index in [0.29, 0.717) is 10.0 Å². The highest BCUT2D eigenvalue weighted by molar-refractivity contribution is 7.91. The van der Waals surface area contributed by atoms with Gasteiger partial charge in [0.2, 0.25) is 0 Å². The van der Waals surface area contributed by atoms with Crippen LogP contribution in [0.1, 0.15) is 102 Å². The molecule has 6 rings (SSSR count). The van der Waals surface area contributed by atoms with Gasteiger partial charge in [-0.3, -0.25) is 5.32 Å². The van der Waals surface area contributed by atoms with E-state index in [-0.39, 0.29) is 11.8 Å². The molecular formula is C37H58N5O2S2+. The van der Waals surface area contributed by atoms with E-state index >= 15 is 0 Å². The summed E-state index contributed by atoms with van der Waals surface area (Å²) in [6, 6.07) is 14.0. The molecule has 46 heavy (non-hydrogen) atoms. The Hall–Kier alpha value is -2.20. The second-order valence-electron chi connectivity index (χ2n) is 14.4. The number of thiocarbonyl (C=S) groups is 1. The second-order valence-corrected chi connectivity index (χ2v) is 16.8. The van der Waals surface area contributed by atoms with Gasteiger partial charge in [0, 0.05) is 43.5 Å². The van der Waals surface area contributed by atoms with Crippen molar-refractivity contribution in [1.82, 2.24) is 10.6 Å². The minimum Gasteiger partial charge on any atom is -0.375 e. The third-order valence-electron chi connectivity index (χ3n) is 11.1. The molecule has 0 aliphatic carbocycles. The first-order valence-electron chi connectivity index (χ1n) is 18.0. The van der Waals surface area contributed by atoms with Gasteiger partial charge in [-0.25, -0.2) is 8.42 Å². The van der Waals surface area contributed by atoms with Gasteiger partial charge in [0.05, 0.1) is 42.9 Å². The highest BCUT2D eigenvalue weighted by Gasteiger charge is 2.43. The lowest BCUT2D eigenvalue weighted by Gasteiger charge is -2.49. The Morgan fingerprint density at radius 1 is 1.00 bits per heavy atom. The predicted molar refractivity (Wildman–Crippen MR) is 197 cm³/mol. The topological polar surface area (TPSA) is 73.5 Å². The van der Waals surface area contributed by atoms with Crippen molar-refractivity contribution in [3.63, 3.8) is 0 Å². The van der Waals surface area contributed by atoms with Gasteiger partial charge >= 0.3 is 0 Å². The maximum absolute atomic E-state index is 14.2. The molecule has 254 valence electrons. The van der Waals surface area contributed by atoms with E-state index < -0.39 is 15.4 Å². The van der Waals surface area contributed by atoms with Gasteiger partial charge in [-0.2, -0.15) is 0 Å². The lowest BCUT2D eigenvalue weighted by Crippen LogP contribution is -2.58. The Bertz CT molecular complexity index is 1420. The highest BCUT2D eigenvalue weighted by Crippen LogP contribution is 2.41. The van der Waals surface area contributed by atoms with Crippen LogP contribution in [0.2, 0.25) is 0 Å². The zero-order valence-electron chi connectivity index (χ0n) is 28.7. The van der Waals surface area contributed by atoms with Gasteiger partial charge in [0.15, 0.2) is 14.9 Å². The Labute approximate surface area is 284 Å². The number of hydrogen-bond donors (Lipinski definition) is 3. The first kappa shape index (κ1) is 35.1. The van der Waals surface area contributed by atoms with E-state index in [9.17, 15) is 8.42 Å². The quantitative estimate of drug-likeness (QED) is 0.113. The summed E-state index contributed by atoms with van der Waals surface area (Å²) in [4.78, 5) is 2.61. The zero-order chi connectivity index (χ0) is 32.8. The van der Waals surface area contributed by atoms with Crippen molar-refractivity contribution in [3.05, 3.63) is 53.6 Å². The molecule has 4 aliphatic heterocycles. The van der Waals surface area contributed by atoms with Crippen LogP contribution < -0.4 is 20.9 Å². The van der Waals surface area contributed by atoms with Crippen molar-refractivity contribution >= 4 is 38.5 Å². The van der Waals surface area contributed by atoms with Gasteiger partial charge in [-0.1, -0.05) is 51.7 Å². The summed E-state index contributed by atoms with van der Waals surface area (Å²) in [5.41, 5.74) is 3.32. The molecule has 9 heteroatoms. The van der Waals surface area contributed by atoms with E-state index in [0.717, 1.165) is 86.5 Å². The third-order valence-corrected chi connectivity index (χ3v) is 13.3. The normalized spacial score (nSPS) is 24.5. The Morgan fingerprint density at radius 2 is 1.70 bits per heavy atom. The number of piperidine rings is 3. The first-order valence-corrected chi connectivity index (χ1v) is 20.0. The van der Waals surface area contributed by atoms with Crippen molar-refractivity contribution in [1.29, 1.82) is 0 Å². The Balaban J connectivity index is 1.38. The van der Waals surface area contributed by atoms with Gasteiger partial charge in [0.25, 0.3) is 0 Å². The fourth-order valence-corrected chi connectivity index (χ4v) is 10.4. The molecule has 1 atom stereocenters. The monoisotopic (exact) mass is 668 g/mol. The largest absolute Gasteiger partial charge is 0.375 e. The Morgan fingerprint density at radius 3 is 2.35 bits per heavy atom. The molecule has 4 heterocycles. The molecule has 3 N–H and O–H groups in total. The average molecular weight is 669 g/mol. The van der Waals surface area contributed by atoms with Crippen molar-refractivity contribution in [2.75, 3.05) is 62.3 Å². The fourth-order valence-electron chi connectivity index (χ4n) is 8.10. The molecule has 0 aromatic heterocycles. The van der Waals surface area contributed by atoms with Crippen LogP contribution in [0.3, 0.4) is 0 Å². The van der Waals surface area contributed by atoms with Crippen LogP contribution in [0.4, 0.5) is 11.4 Å². The molecule has 3 fully saturated rings. The maximum atomic E-state index is 14.2. The van der Waals surface area contributed by atoms with Crippen molar-refractivity contribution in [2.45, 2.75) is 101 Å². The van der Waals surface area contributed by atoms with E-state index in [2.05, 4.69) is 72.9 Å². The predicted octanol–water partition coefficient (Wildman–Crippen LogP) is 7.04. The second kappa shape index (κ2) is 15.3. The van der Waals surface area contributed by atoms with Crippen LogP contribution in [0.25, 0.3) is 0 Å². The lowest BCUT2D eigenvalue weighted by molar-refractivity contribution is -0.942. The van der Waals surface area contributed by atoms with E-state index in [1.807, 2.05) is 18.2 Å². The number of anilines is 2. The van der Waals surface area contributed by atoms with E-state index in [1.165, 1.54) is 49.9 Å². The molecule has 0 saturated carbocycles. The molecule has 3 saturated heterocycles. The minimum atomic E-state index is -3.52. The molecule has 0 radical (unpaired) electrons. The van der Waals surface area contributed by atoms with Crippen molar-refractivity contribution < 1.29 is 12.9 Å². The molecule has 7 nitrogen and oxygen atoms in total. The number of fused-ring (bicyclic) bond motifs is 4. The number of nitrogens with one attached hydrogen (secondary N) is 3. The van der Waals surface area contributed by atoms with Crippen LogP contribution in [0.5, 0.6) is 0 Å². The third kappa shape index (κ3) is 8.26. The molecular weight excluding hydrogens is 611 g/mol. The van der Waals surface area contributed by atoms with E-state index in [1.54, 1.807) is 0 Å². The summed E-state index contributed by atoms with van der Waals surface area (Å²) in [6.45, 7) is 13.5. The van der Waals surface area contributed by atoms with Gasteiger partial charge in [0.1, 0.15) is 0 Å². The smallest absolute Gasteiger partial charge is 0.180 e. The number of sulfone groups is 1. The highest BCUT2D eigenvalue weighted by atomic mass is 32.2. The molecule has 4 aliphatic rings.